The van der Waals surface area contributed by atoms with Crippen LogP contribution in [0.3, 0.4) is 0 Å². The number of benzene rings is 2. The molecule has 1 N–H and O–H groups in total. The van der Waals surface area contributed by atoms with Crippen molar-refractivity contribution in [3.63, 3.8) is 0 Å². The molecule has 0 spiro atoms. The van der Waals surface area contributed by atoms with Crippen molar-refractivity contribution in [2.24, 2.45) is 0 Å². The van der Waals surface area contributed by atoms with Crippen LogP contribution in [0, 0.1) is 5.82 Å². The Labute approximate surface area is 160 Å². The van der Waals surface area contributed by atoms with Crippen LogP contribution in [0.4, 0.5) is 9.18 Å². The highest BCUT2D eigenvalue weighted by molar-refractivity contribution is 8.18. The molecule has 1 fully saturated rings. The molecule has 0 atom stereocenters. The van der Waals surface area contributed by atoms with E-state index in [2.05, 4.69) is 5.32 Å². The fraction of sp³-hybridized carbons (Fsp3) is 0.150. The number of hydrogen-bond acceptors (Lipinski definition) is 4. The molecule has 1 aliphatic rings. The van der Waals surface area contributed by atoms with Gasteiger partial charge in [-0.25, -0.2) is 4.39 Å². The average Bonchev–Trinajstić information content (AvgIpc) is 2.92. The molecule has 27 heavy (non-hydrogen) atoms. The van der Waals surface area contributed by atoms with Crippen molar-refractivity contribution in [2.75, 3.05) is 13.1 Å². The van der Waals surface area contributed by atoms with E-state index in [1.54, 1.807) is 6.08 Å². The molecule has 0 unspecified atom stereocenters. The summed E-state index contributed by atoms with van der Waals surface area (Å²) in [7, 11) is 0. The van der Waals surface area contributed by atoms with Gasteiger partial charge in [-0.3, -0.25) is 19.3 Å². The molecular formula is C20H17FN2O3S. The number of carbonyl (C=O) groups excluding carboxylic acids is 3. The first-order chi connectivity index (χ1) is 13.0. The van der Waals surface area contributed by atoms with Crippen LogP contribution in [0.5, 0.6) is 0 Å². The first kappa shape index (κ1) is 18.8. The Bertz CT molecular complexity index is 882. The first-order valence-electron chi connectivity index (χ1n) is 8.34. The fourth-order valence-corrected chi connectivity index (χ4v) is 3.42. The summed E-state index contributed by atoms with van der Waals surface area (Å²) in [5, 5.41) is 2.33. The number of nitrogens with one attached hydrogen (secondary N) is 1. The molecule has 1 saturated heterocycles. The minimum absolute atomic E-state index is 0.103. The van der Waals surface area contributed by atoms with Crippen molar-refractivity contribution in [3.05, 3.63) is 76.4 Å². The molecule has 3 rings (SSSR count). The van der Waals surface area contributed by atoms with Crippen LogP contribution in [0.1, 0.15) is 11.1 Å². The van der Waals surface area contributed by atoms with Crippen molar-refractivity contribution < 1.29 is 18.8 Å². The zero-order chi connectivity index (χ0) is 19.2. The van der Waals surface area contributed by atoms with Gasteiger partial charge in [0.05, 0.1) is 11.3 Å². The predicted molar refractivity (Wildman–Crippen MR) is 102 cm³/mol. The van der Waals surface area contributed by atoms with Crippen molar-refractivity contribution >= 4 is 34.9 Å². The summed E-state index contributed by atoms with van der Waals surface area (Å²) in [5.74, 6) is -0.951. The molecule has 5 nitrogen and oxygen atoms in total. The van der Waals surface area contributed by atoms with E-state index in [0.717, 1.165) is 22.2 Å². The van der Waals surface area contributed by atoms with Crippen LogP contribution < -0.4 is 5.32 Å². The summed E-state index contributed by atoms with van der Waals surface area (Å²) in [4.78, 5) is 37.8. The Morgan fingerprint density at radius 3 is 2.48 bits per heavy atom. The molecule has 0 bridgehead atoms. The number of rotatable bonds is 6. The molecule has 138 valence electrons. The van der Waals surface area contributed by atoms with E-state index in [1.807, 2.05) is 30.3 Å². The van der Waals surface area contributed by atoms with Gasteiger partial charge in [-0.15, -0.1) is 0 Å². The molecular weight excluding hydrogens is 367 g/mol. The molecule has 1 heterocycles. The highest BCUT2D eigenvalue weighted by atomic mass is 32.2. The molecule has 0 aliphatic carbocycles. The topological polar surface area (TPSA) is 66.5 Å². The van der Waals surface area contributed by atoms with Crippen molar-refractivity contribution in [1.29, 1.82) is 0 Å². The van der Waals surface area contributed by atoms with E-state index in [1.165, 1.54) is 24.3 Å². The lowest BCUT2D eigenvalue weighted by atomic mass is 10.1. The highest BCUT2D eigenvalue weighted by Crippen LogP contribution is 2.31. The van der Waals surface area contributed by atoms with Gasteiger partial charge >= 0.3 is 0 Å². The van der Waals surface area contributed by atoms with E-state index >= 15 is 0 Å². The van der Waals surface area contributed by atoms with Gasteiger partial charge in [-0.2, -0.15) is 0 Å². The molecule has 2 aromatic rings. The third-order valence-electron chi connectivity index (χ3n) is 3.91. The standard InChI is InChI=1S/C20H17FN2O3S/c21-16-8-6-15(7-9-16)12-17-19(25)23(20(26)27-17)11-10-22-18(24)13-14-4-2-1-3-5-14/h1-9,12H,10-11,13H2,(H,22,24). The summed E-state index contributed by atoms with van der Waals surface area (Å²) in [6.45, 7) is 0.291. The van der Waals surface area contributed by atoms with E-state index in [0.29, 0.717) is 5.56 Å². The maximum atomic E-state index is 13.0. The van der Waals surface area contributed by atoms with Gasteiger partial charge in [-0.05, 0) is 41.1 Å². The molecule has 0 saturated carbocycles. The number of halogens is 1. The van der Waals surface area contributed by atoms with Gasteiger partial charge in [0.25, 0.3) is 11.1 Å². The third kappa shape index (κ3) is 5.04. The number of nitrogens with zero attached hydrogens (tertiary/aromatic N) is 1. The maximum Gasteiger partial charge on any atom is 0.293 e. The zero-order valence-electron chi connectivity index (χ0n) is 14.4. The summed E-state index contributed by atoms with van der Waals surface area (Å²) < 4.78 is 13.0. The summed E-state index contributed by atoms with van der Waals surface area (Å²) >= 11 is 0.834. The van der Waals surface area contributed by atoms with Gasteiger partial charge in [0, 0.05) is 13.1 Å². The Hall–Kier alpha value is -2.93. The Balaban J connectivity index is 1.53. The second-order valence-corrected chi connectivity index (χ2v) is 6.89. The van der Waals surface area contributed by atoms with Crippen LogP contribution in [0.15, 0.2) is 59.5 Å². The average molecular weight is 384 g/mol. The van der Waals surface area contributed by atoms with E-state index in [4.69, 9.17) is 0 Å². The van der Waals surface area contributed by atoms with Crippen LogP contribution in [0.25, 0.3) is 6.08 Å². The first-order valence-corrected chi connectivity index (χ1v) is 9.16. The minimum atomic E-state index is -0.411. The van der Waals surface area contributed by atoms with E-state index < -0.39 is 5.91 Å². The van der Waals surface area contributed by atoms with E-state index in [9.17, 15) is 18.8 Å². The SMILES string of the molecule is O=C(Cc1ccccc1)NCCN1C(=O)SC(=Cc2ccc(F)cc2)C1=O. The van der Waals surface area contributed by atoms with Crippen LogP contribution in [0.2, 0.25) is 0 Å². The smallest absolute Gasteiger partial charge is 0.293 e. The Kier molecular flexibility index (Phi) is 6.03. The maximum absolute atomic E-state index is 13.0. The van der Waals surface area contributed by atoms with Crippen molar-refractivity contribution in [2.45, 2.75) is 6.42 Å². The lowest BCUT2D eigenvalue weighted by Gasteiger charge is -2.13. The number of thioether (sulfide) groups is 1. The summed E-state index contributed by atoms with van der Waals surface area (Å²) in [6.07, 6.45) is 1.80. The second kappa shape index (κ2) is 8.64. The molecule has 3 amide bonds. The lowest BCUT2D eigenvalue weighted by Crippen LogP contribution is -2.37. The predicted octanol–water partition coefficient (Wildman–Crippen LogP) is 3.22. The lowest BCUT2D eigenvalue weighted by molar-refractivity contribution is -0.124. The molecule has 2 aromatic carbocycles. The second-order valence-electron chi connectivity index (χ2n) is 5.90. The number of carbonyl (C=O) groups is 3. The van der Waals surface area contributed by atoms with Gasteiger partial charge in [0.15, 0.2) is 0 Å². The summed E-state index contributed by atoms with van der Waals surface area (Å²) in [6, 6.07) is 15.0. The van der Waals surface area contributed by atoms with Gasteiger partial charge in [-0.1, -0.05) is 42.5 Å². The zero-order valence-corrected chi connectivity index (χ0v) is 15.2. The number of hydrogen-bond donors (Lipinski definition) is 1. The minimum Gasteiger partial charge on any atom is -0.354 e. The largest absolute Gasteiger partial charge is 0.354 e. The monoisotopic (exact) mass is 384 g/mol. The number of imide groups is 1. The fourth-order valence-electron chi connectivity index (χ4n) is 2.55. The Morgan fingerprint density at radius 2 is 1.78 bits per heavy atom. The quantitative estimate of drug-likeness (QED) is 0.777. The van der Waals surface area contributed by atoms with Crippen LogP contribution >= 0.6 is 11.8 Å². The van der Waals surface area contributed by atoms with E-state index in [-0.39, 0.29) is 41.4 Å². The highest BCUT2D eigenvalue weighted by Gasteiger charge is 2.34. The molecule has 7 heteroatoms. The molecule has 0 aromatic heterocycles. The van der Waals surface area contributed by atoms with Crippen LogP contribution in [-0.4, -0.2) is 35.0 Å². The Morgan fingerprint density at radius 1 is 1.07 bits per heavy atom. The van der Waals surface area contributed by atoms with Gasteiger partial charge < -0.3 is 5.32 Å². The summed E-state index contributed by atoms with van der Waals surface area (Å²) in [5.41, 5.74) is 1.53. The molecule has 0 radical (unpaired) electrons. The van der Waals surface area contributed by atoms with Crippen LogP contribution in [-0.2, 0) is 16.0 Å². The van der Waals surface area contributed by atoms with Gasteiger partial charge in [0.1, 0.15) is 5.82 Å². The van der Waals surface area contributed by atoms with Crippen molar-refractivity contribution in [1.82, 2.24) is 10.2 Å². The van der Waals surface area contributed by atoms with Gasteiger partial charge in [0.2, 0.25) is 5.91 Å². The van der Waals surface area contributed by atoms with Crippen molar-refractivity contribution in [3.8, 4) is 0 Å². The number of amides is 3. The molecule has 1 aliphatic heterocycles. The normalized spacial score (nSPS) is 15.4. The third-order valence-corrected chi connectivity index (χ3v) is 4.81.